The molecule has 4 heterocycles. The Bertz CT molecular complexity index is 2330. The Morgan fingerprint density at radius 1 is 0.456 bits per heavy atom. The molecule has 0 saturated heterocycles. The van der Waals surface area contributed by atoms with Crippen LogP contribution >= 0.6 is 25.3 Å². The van der Waals surface area contributed by atoms with E-state index in [1.165, 1.54) is 116 Å². The predicted molar refractivity (Wildman–Crippen MR) is 280 cm³/mol. The summed E-state index contributed by atoms with van der Waals surface area (Å²) in [6.07, 6.45) is 44.5. The van der Waals surface area contributed by atoms with E-state index in [9.17, 15) is 15.1 Å². The zero-order valence-corrected chi connectivity index (χ0v) is 42.2. The summed E-state index contributed by atoms with van der Waals surface area (Å²) in [5.41, 5.74) is 6.94. The van der Waals surface area contributed by atoms with Gasteiger partial charge in [-0.15, -0.1) is 0 Å². The molecule has 0 unspecified atom stereocenters. The summed E-state index contributed by atoms with van der Waals surface area (Å²) in [5.74, 6) is 2.62. The van der Waals surface area contributed by atoms with E-state index < -0.39 is 7.12 Å². The molecule has 361 valence electrons. The Morgan fingerprint density at radius 2 is 0.809 bits per heavy atom. The number of hydrogen-bond acceptors (Lipinski definition) is 6. The van der Waals surface area contributed by atoms with Crippen molar-refractivity contribution in [1.82, 2.24) is 9.13 Å². The van der Waals surface area contributed by atoms with Crippen LogP contribution in [0.3, 0.4) is 0 Å². The molecular formula is C54H77B2N6O4S2+4. The highest BCUT2D eigenvalue weighted by molar-refractivity contribution is 7.80. The van der Waals surface area contributed by atoms with Crippen LogP contribution in [0, 0.1) is 0 Å². The van der Waals surface area contributed by atoms with Gasteiger partial charge in [-0.05, 0) is 102 Å². The summed E-state index contributed by atoms with van der Waals surface area (Å²) < 4.78 is 18.6. The van der Waals surface area contributed by atoms with E-state index >= 15 is 0 Å². The van der Waals surface area contributed by atoms with Gasteiger partial charge in [0.1, 0.15) is 43.6 Å². The third-order valence-electron chi connectivity index (χ3n) is 12.8. The van der Waals surface area contributed by atoms with Crippen LogP contribution in [0.25, 0.3) is 11.1 Å². The van der Waals surface area contributed by atoms with Gasteiger partial charge in [-0.1, -0.05) is 89.2 Å². The molecule has 0 bridgehead atoms. The number of imidazole rings is 2. The largest absolute Gasteiger partial charge is 0.569 e. The van der Waals surface area contributed by atoms with Gasteiger partial charge in [0.25, 0.3) is 0 Å². The molecule has 0 aliphatic carbocycles. The number of unbranched alkanes of at least 4 members (excludes halogenated alkanes) is 16. The maximum absolute atomic E-state index is 10.2. The molecular weight excluding hydrogens is 882 g/mol. The molecule has 1 radical (unpaired) electrons. The Hall–Kier alpha value is -4.33. The van der Waals surface area contributed by atoms with Crippen molar-refractivity contribution in [2.45, 2.75) is 155 Å². The molecule has 6 rings (SSSR count). The molecule has 10 nitrogen and oxygen atoms in total. The molecule has 2 aromatic carbocycles. The SMILES string of the molecule is O[B]Oc1cc(C[n+]2ccc(-c3cc[n+](Cc4cc(C[n+]5ccn(CCCCCCCCCCCS)c5)cc(B(O)O)c4)cc3)cc2)cc(C[n+]2ccn(CCCCCCCCCCCS)c2)c1. The third-order valence-corrected chi connectivity index (χ3v) is 13.4. The van der Waals surface area contributed by atoms with Crippen molar-refractivity contribution in [3.63, 3.8) is 0 Å². The summed E-state index contributed by atoms with van der Waals surface area (Å²) in [6.45, 7) is 4.65. The van der Waals surface area contributed by atoms with Gasteiger partial charge < -0.3 is 19.7 Å². The lowest BCUT2D eigenvalue weighted by Crippen LogP contribution is -2.37. The van der Waals surface area contributed by atoms with Crippen LogP contribution in [0.1, 0.15) is 138 Å². The zero-order chi connectivity index (χ0) is 47.6. The molecule has 0 saturated carbocycles. The van der Waals surface area contributed by atoms with Gasteiger partial charge >= 0.3 is 14.8 Å². The fourth-order valence-electron chi connectivity index (χ4n) is 9.13. The summed E-state index contributed by atoms with van der Waals surface area (Å²) >= 11 is 8.61. The molecule has 0 fully saturated rings. The fourth-order valence-corrected chi connectivity index (χ4v) is 9.58. The van der Waals surface area contributed by atoms with E-state index in [2.05, 4.69) is 151 Å². The monoisotopic (exact) mass is 960 g/mol. The van der Waals surface area contributed by atoms with Gasteiger partial charge in [0.05, 0.1) is 13.1 Å². The Morgan fingerprint density at radius 3 is 1.18 bits per heavy atom. The molecule has 68 heavy (non-hydrogen) atoms. The van der Waals surface area contributed by atoms with E-state index in [1.807, 2.05) is 24.3 Å². The second kappa shape index (κ2) is 30.3. The van der Waals surface area contributed by atoms with Crippen molar-refractivity contribution >= 4 is 45.5 Å². The van der Waals surface area contributed by atoms with Crippen LogP contribution in [0.5, 0.6) is 5.75 Å². The fraction of sp³-hybridized carbons (Fsp3) is 0.481. The molecule has 0 atom stereocenters. The molecule has 0 spiro atoms. The first-order valence-electron chi connectivity index (χ1n) is 25.4. The van der Waals surface area contributed by atoms with Crippen molar-refractivity contribution in [3.05, 3.63) is 145 Å². The molecule has 6 aromatic rings. The van der Waals surface area contributed by atoms with Crippen molar-refractivity contribution in [2.24, 2.45) is 0 Å². The second-order valence-electron chi connectivity index (χ2n) is 18.6. The van der Waals surface area contributed by atoms with E-state index in [0.717, 1.165) is 65.7 Å². The lowest BCUT2D eigenvalue weighted by atomic mass is 9.78. The summed E-state index contributed by atoms with van der Waals surface area (Å²) in [7, 11) is -0.796. The van der Waals surface area contributed by atoms with Gasteiger partial charge in [0.2, 0.25) is 12.7 Å². The quantitative estimate of drug-likeness (QED) is 0.0124. The predicted octanol–water partition coefficient (Wildman–Crippen LogP) is 7.77. The lowest BCUT2D eigenvalue weighted by Gasteiger charge is -2.08. The number of nitrogens with zero attached hydrogens (tertiary/aromatic N) is 6. The number of pyridine rings is 2. The first kappa shape index (κ1) is 53.0. The number of thiol groups is 2. The highest BCUT2D eigenvalue weighted by Crippen LogP contribution is 2.20. The van der Waals surface area contributed by atoms with Gasteiger partial charge in [0.15, 0.2) is 37.9 Å². The lowest BCUT2D eigenvalue weighted by molar-refractivity contribution is -0.689. The Kier molecular flexibility index (Phi) is 23.6. The topological polar surface area (TPSA) is 95.3 Å². The molecule has 14 heteroatoms. The van der Waals surface area contributed by atoms with E-state index in [-0.39, 0.29) is 0 Å². The van der Waals surface area contributed by atoms with Gasteiger partial charge in [-0.25, -0.2) is 27.4 Å². The number of aromatic nitrogens is 6. The normalized spacial score (nSPS) is 11.4. The number of benzene rings is 2. The maximum Gasteiger partial charge on any atom is 0.569 e. The smallest absolute Gasteiger partial charge is 0.537 e. The van der Waals surface area contributed by atoms with E-state index in [1.54, 1.807) is 0 Å². The average molecular weight is 960 g/mol. The number of rotatable bonds is 34. The highest BCUT2D eigenvalue weighted by atomic mass is 32.1. The number of hydrogen-bond donors (Lipinski definition) is 5. The van der Waals surface area contributed by atoms with Gasteiger partial charge in [-0.2, -0.15) is 25.3 Å². The Labute approximate surface area is 419 Å². The summed E-state index contributed by atoms with van der Waals surface area (Å²) in [5, 5.41) is 29.8. The molecule has 0 aliphatic heterocycles. The second-order valence-corrected chi connectivity index (χ2v) is 19.5. The summed E-state index contributed by atoms with van der Waals surface area (Å²) in [4.78, 5) is 0. The molecule has 0 amide bonds. The van der Waals surface area contributed by atoms with Crippen molar-refractivity contribution in [2.75, 3.05) is 11.5 Å². The maximum atomic E-state index is 10.2. The van der Waals surface area contributed by atoms with E-state index in [4.69, 9.17) is 4.65 Å². The van der Waals surface area contributed by atoms with Crippen LogP contribution in [0.2, 0.25) is 0 Å². The first-order chi connectivity index (χ1) is 33.4. The number of aryl methyl sites for hydroxylation is 2. The van der Waals surface area contributed by atoms with Crippen molar-refractivity contribution < 1.29 is 38.0 Å². The average Bonchev–Trinajstić information content (AvgIpc) is 3.99. The van der Waals surface area contributed by atoms with Crippen LogP contribution in [-0.2, 0) is 39.3 Å². The summed E-state index contributed by atoms with van der Waals surface area (Å²) in [6, 6.07) is 20.6. The highest BCUT2D eigenvalue weighted by Gasteiger charge is 2.17. The van der Waals surface area contributed by atoms with Crippen molar-refractivity contribution in [3.8, 4) is 16.9 Å². The van der Waals surface area contributed by atoms with Gasteiger partial charge in [-0.3, -0.25) is 0 Å². The molecule has 0 aliphatic rings. The van der Waals surface area contributed by atoms with Gasteiger partial charge in [0, 0.05) is 35.4 Å². The molecule has 4 aromatic heterocycles. The minimum atomic E-state index is -1.54. The third kappa shape index (κ3) is 19.2. The first-order valence-corrected chi connectivity index (χ1v) is 26.7. The minimum Gasteiger partial charge on any atom is -0.537 e. The zero-order valence-electron chi connectivity index (χ0n) is 40.4. The minimum absolute atomic E-state index is 0.499. The van der Waals surface area contributed by atoms with Crippen molar-refractivity contribution in [1.29, 1.82) is 0 Å². The van der Waals surface area contributed by atoms with Crippen LogP contribution in [0.15, 0.2) is 123 Å². The van der Waals surface area contributed by atoms with Crippen LogP contribution < -0.4 is 28.4 Å². The van der Waals surface area contributed by atoms with Crippen LogP contribution in [0.4, 0.5) is 0 Å². The standard InChI is InChI=1S/C54H75B2N6O4S2/c63-55-66-54-39-49(36-50(40-54)44-62-32-30-60(46-62)24-16-12-8-4-2-6-10-14-18-34-68)42-58-27-21-52(22-28-58)51-19-25-57(26-20-51)41-47-35-48(38-53(37-47)56(64)65)43-61-31-29-59(45-61)23-15-11-7-3-1-5-9-13-17-33-67/h19-22,25-32,35-40,45-46,63-65H,1-18,23-24,33-34,41-44H2/q+2/p+2. The Balaban J connectivity index is 0.973. The van der Waals surface area contributed by atoms with E-state index in [0.29, 0.717) is 37.4 Å². The molecule has 3 N–H and O–H groups in total. The van der Waals surface area contributed by atoms with Crippen LogP contribution in [-0.4, -0.2) is 50.5 Å².